The highest BCUT2D eigenvalue weighted by molar-refractivity contribution is 7.85. The molecule has 0 aromatic heterocycles. The van der Waals surface area contributed by atoms with Crippen LogP contribution in [0.15, 0.2) is 176 Å². The van der Waals surface area contributed by atoms with E-state index in [2.05, 4.69) is 140 Å². The van der Waals surface area contributed by atoms with E-state index in [4.69, 9.17) is 0 Å². The van der Waals surface area contributed by atoms with Gasteiger partial charge >= 0.3 is 0 Å². The Balaban J connectivity index is 1.21. The minimum absolute atomic E-state index is 0.810. The molecule has 0 radical (unpaired) electrons. The first kappa shape index (κ1) is 30.9. The van der Waals surface area contributed by atoms with Crippen molar-refractivity contribution in [2.45, 2.75) is 0 Å². The molecule has 0 N–H and O–H groups in total. The number of hydrogen-bond acceptors (Lipinski definition) is 1. The molecule has 2 heteroatoms. The van der Waals surface area contributed by atoms with E-state index in [9.17, 15) is 0 Å². The largest absolute Gasteiger partial charge is 0.309 e. The summed E-state index contributed by atoms with van der Waals surface area (Å²) in [5.41, 5.74) is 6.63. The molecule has 0 amide bonds. The lowest BCUT2D eigenvalue weighted by atomic mass is 10.0. The maximum Gasteiger partial charge on any atom is 0.171 e. The van der Waals surface area contributed by atoms with Crippen LogP contribution in [0.4, 0.5) is 0 Å². The molecule has 0 aliphatic rings. The van der Waals surface area contributed by atoms with Crippen LogP contribution in [0.1, 0.15) is 33.4 Å². The predicted octanol–water partition coefficient (Wildman–Crippen LogP) is 11.0. The van der Waals surface area contributed by atoms with E-state index >= 15 is 4.57 Å². The van der Waals surface area contributed by atoms with Gasteiger partial charge < -0.3 is 4.57 Å². The molecule has 7 aromatic carbocycles. The maximum atomic E-state index is 15.4. The van der Waals surface area contributed by atoms with E-state index in [1.165, 1.54) is 16.3 Å². The summed E-state index contributed by atoms with van der Waals surface area (Å²) in [6.45, 7) is 0. The van der Waals surface area contributed by atoms with Gasteiger partial charge in [0.15, 0.2) is 7.14 Å². The molecule has 0 atom stereocenters. The monoisotopic (exact) mass is 634 g/mol. The van der Waals surface area contributed by atoms with E-state index in [0.29, 0.717) is 0 Å². The fourth-order valence-electron chi connectivity index (χ4n) is 5.93. The molecule has 0 unspecified atom stereocenters. The molecular weight excluding hydrogens is 599 g/mol. The summed E-state index contributed by atoms with van der Waals surface area (Å²) < 4.78 is 15.4. The zero-order valence-corrected chi connectivity index (χ0v) is 27.5. The topological polar surface area (TPSA) is 17.1 Å². The van der Waals surface area contributed by atoms with Crippen LogP contribution in [0, 0.1) is 0 Å². The summed E-state index contributed by atoms with van der Waals surface area (Å²) in [5.74, 6) is 0. The van der Waals surface area contributed by atoms with Gasteiger partial charge in [0.2, 0.25) is 0 Å². The van der Waals surface area contributed by atoms with Crippen molar-refractivity contribution in [3.63, 3.8) is 0 Å². The Morgan fingerprint density at radius 2 is 0.667 bits per heavy atom. The van der Waals surface area contributed by atoms with Gasteiger partial charge in [0.05, 0.1) is 0 Å². The number of hydrogen-bond donors (Lipinski definition) is 0. The molecule has 0 aliphatic heterocycles. The first-order valence-corrected chi connectivity index (χ1v) is 17.9. The van der Waals surface area contributed by atoms with Gasteiger partial charge in [0.25, 0.3) is 0 Å². The molecule has 7 rings (SSSR count). The van der Waals surface area contributed by atoms with Gasteiger partial charge in [-0.3, -0.25) is 0 Å². The molecule has 0 bridgehead atoms. The molecule has 0 fully saturated rings. The SMILES string of the molecule is O=P(c1ccc(/C=C/c2ccccc2)cc1)(c1ccc(/C=C/c2ccccc2)cc1)c1ccc(/C=C/c2cccc3ccccc23)cc1. The molecule has 0 spiro atoms. The Hall–Kier alpha value is -5.75. The van der Waals surface area contributed by atoms with Gasteiger partial charge in [0, 0.05) is 15.9 Å². The van der Waals surface area contributed by atoms with Gasteiger partial charge in [0.1, 0.15) is 0 Å². The van der Waals surface area contributed by atoms with Gasteiger partial charge in [-0.05, 0) is 44.2 Å². The van der Waals surface area contributed by atoms with Crippen LogP contribution in [0.2, 0.25) is 0 Å². The van der Waals surface area contributed by atoms with Crippen molar-refractivity contribution in [1.29, 1.82) is 0 Å². The fraction of sp³-hybridized carbons (Fsp3) is 0. The predicted molar refractivity (Wildman–Crippen MR) is 209 cm³/mol. The van der Waals surface area contributed by atoms with Crippen molar-refractivity contribution in [3.05, 3.63) is 209 Å². The summed E-state index contributed by atoms with van der Waals surface area (Å²) in [6.07, 6.45) is 12.7. The zero-order valence-electron chi connectivity index (χ0n) is 26.6. The van der Waals surface area contributed by atoms with E-state index in [1.807, 2.05) is 72.8 Å². The lowest BCUT2D eigenvalue weighted by Crippen LogP contribution is -2.25. The lowest BCUT2D eigenvalue weighted by Gasteiger charge is -2.20. The van der Waals surface area contributed by atoms with Gasteiger partial charge in [-0.1, -0.05) is 212 Å². The summed E-state index contributed by atoms with van der Waals surface area (Å²) >= 11 is 0. The van der Waals surface area contributed by atoms with Crippen LogP contribution >= 0.6 is 7.14 Å². The zero-order chi connectivity index (χ0) is 32.6. The average Bonchev–Trinajstić information content (AvgIpc) is 3.16. The minimum Gasteiger partial charge on any atom is -0.309 e. The molecular formula is C46H35OP. The van der Waals surface area contributed by atoms with Crippen molar-refractivity contribution in [2.24, 2.45) is 0 Å². The Morgan fingerprint density at radius 3 is 1.12 bits per heavy atom. The molecule has 0 heterocycles. The van der Waals surface area contributed by atoms with Crippen LogP contribution in [0.25, 0.3) is 47.2 Å². The quantitative estimate of drug-likeness (QED) is 0.114. The summed E-state index contributed by atoms with van der Waals surface area (Å²) in [5, 5.41) is 4.88. The van der Waals surface area contributed by atoms with Crippen molar-refractivity contribution in [2.75, 3.05) is 0 Å². The Morgan fingerprint density at radius 1 is 0.312 bits per heavy atom. The third kappa shape index (κ3) is 6.98. The first-order valence-electron chi connectivity index (χ1n) is 16.2. The van der Waals surface area contributed by atoms with Crippen molar-refractivity contribution >= 4 is 70.3 Å². The summed E-state index contributed by atoms with van der Waals surface area (Å²) in [4.78, 5) is 0. The van der Waals surface area contributed by atoms with E-state index in [0.717, 1.165) is 43.7 Å². The number of benzene rings is 7. The van der Waals surface area contributed by atoms with E-state index < -0.39 is 7.14 Å². The maximum absolute atomic E-state index is 15.4. The van der Waals surface area contributed by atoms with E-state index in [-0.39, 0.29) is 0 Å². The Bertz CT molecular complexity index is 2160. The fourth-order valence-corrected chi connectivity index (χ4v) is 8.53. The number of rotatable bonds is 9. The smallest absolute Gasteiger partial charge is 0.171 e. The normalized spacial score (nSPS) is 12.0. The average molecular weight is 635 g/mol. The minimum atomic E-state index is -3.17. The van der Waals surface area contributed by atoms with Crippen LogP contribution < -0.4 is 15.9 Å². The van der Waals surface area contributed by atoms with Crippen LogP contribution in [0.5, 0.6) is 0 Å². The molecule has 230 valence electrons. The Labute approximate surface area is 283 Å². The van der Waals surface area contributed by atoms with Crippen molar-refractivity contribution < 1.29 is 4.57 Å². The lowest BCUT2D eigenvalue weighted by molar-refractivity contribution is 0.592. The van der Waals surface area contributed by atoms with Crippen LogP contribution in [-0.4, -0.2) is 0 Å². The summed E-state index contributed by atoms with van der Waals surface area (Å²) in [7, 11) is -3.17. The third-order valence-corrected chi connectivity index (χ3v) is 11.7. The molecule has 48 heavy (non-hydrogen) atoms. The van der Waals surface area contributed by atoms with Crippen LogP contribution in [-0.2, 0) is 4.57 Å². The van der Waals surface area contributed by atoms with Gasteiger partial charge in [-0.2, -0.15) is 0 Å². The third-order valence-electron chi connectivity index (χ3n) is 8.58. The number of fused-ring (bicyclic) bond motifs is 1. The molecule has 0 aliphatic carbocycles. The van der Waals surface area contributed by atoms with E-state index in [1.54, 1.807) is 0 Å². The molecule has 1 nitrogen and oxygen atoms in total. The first-order chi connectivity index (χ1) is 23.6. The second kappa shape index (κ2) is 14.3. The Kier molecular flexibility index (Phi) is 9.23. The van der Waals surface area contributed by atoms with Gasteiger partial charge in [-0.25, -0.2) is 0 Å². The highest BCUT2D eigenvalue weighted by Crippen LogP contribution is 2.42. The molecule has 0 saturated carbocycles. The molecule has 7 aromatic rings. The van der Waals surface area contributed by atoms with Gasteiger partial charge in [-0.15, -0.1) is 0 Å². The highest BCUT2D eigenvalue weighted by atomic mass is 31.2. The summed E-state index contributed by atoms with van der Waals surface area (Å²) in [6, 6.07) is 59.8. The standard InChI is InChI=1S/C46H35OP/c47-48(43-30-23-38(24-31-43)20-18-36-10-3-1-4-11-36,44-32-25-39(26-33-44)21-19-37-12-5-2-6-13-37)45-34-27-40(28-35-45)22-29-42-16-9-15-41-14-7-8-17-46(41)42/h1-35H/b20-18+,21-19+,29-22+. The highest BCUT2D eigenvalue weighted by Gasteiger charge is 2.29. The van der Waals surface area contributed by atoms with Crippen LogP contribution in [0.3, 0.4) is 0 Å². The second-order valence-corrected chi connectivity index (χ2v) is 14.5. The van der Waals surface area contributed by atoms with Crippen molar-refractivity contribution in [1.82, 2.24) is 0 Å². The second-order valence-electron chi connectivity index (χ2n) is 11.8. The molecule has 0 saturated heterocycles. The van der Waals surface area contributed by atoms with Crippen molar-refractivity contribution in [3.8, 4) is 0 Å².